The first-order valence-electron chi connectivity index (χ1n) is 6.90. The summed E-state index contributed by atoms with van der Waals surface area (Å²) in [4.78, 5) is 24.2. The van der Waals surface area contributed by atoms with E-state index < -0.39 is 28.8 Å². The number of hydrogen-bond donors (Lipinski definition) is 0. The van der Waals surface area contributed by atoms with Gasteiger partial charge in [0.1, 0.15) is 0 Å². The molecule has 0 amide bonds. The van der Waals surface area contributed by atoms with Gasteiger partial charge < -0.3 is 4.74 Å². The fourth-order valence-electron chi connectivity index (χ4n) is 2.06. The third-order valence-corrected chi connectivity index (χ3v) is 3.90. The molecule has 5 nitrogen and oxygen atoms in total. The monoisotopic (exact) mass is 394 g/mol. The summed E-state index contributed by atoms with van der Waals surface area (Å²) in [5.41, 5.74) is -2.89. The molecule has 0 aliphatic heterocycles. The van der Waals surface area contributed by atoms with Crippen LogP contribution < -0.4 is 5.56 Å². The van der Waals surface area contributed by atoms with E-state index in [2.05, 4.69) is 5.10 Å². The predicted molar refractivity (Wildman–Crippen MR) is 85.5 cm³/mol. The van der Waals surface area contributed by atoms with Crippen LogP contribution in [0, 0.1) is 6.92 Å². The van der Waals surface area contributed by atoms with Crippen molar-refractivity contribution in [3.63, 3.8) is 0 Å². The summed E-state index contributed by atoms with van der Waals surface area (Å²) in [6, 6.07) is 2.33. The highest BCUT2D eigenvalue weighted by Crippen LogP contribution is 2.31. The third-order valence-electron chi connectivity index (χ3n) is 3.28. The molecule has 1 aromatic carbocycles. The van der Waals surface area contributed by atoms with Crippen LogP contribution in [0.25, 0.3) is 5.69 Å². The molecule has 0 saturated heterocycles. The number of esters is 1. The fraction of sp³-hybridized carbons (Fsp3) is 0.267. The Morgan fingerprint density at radius 3 is 2.48 bits per heavy atom. The van der Waals surface area contributed by atoms with Crippen molar-refractivity contribution in [2.24, 2.45) is 0 Å². The van der Waals surface area contributed by atoms with Crippen molar-refractivity contribution >= 4 is 29.2 Å². The molecule has 0 aliphatic rings. The van der Waals surface area contributed by atoms with Crippen LogP contribution in [0.1, 0.15) is 28.4 Å². The molecule has 0 atom stereocenters. The molecule has 0 spiro atoms. The van der Waals surface area contributed by atoms with E-state index in [-0.39, 0.29) is 27.9 Å². The Bertz CT molecular complexity index is 895. The summed E-state index contributed by atoms with van der Waals surface area (Å²) < 4.78 is 44.1. The zero-order valence-corrected chi connectivity index (χ0v) is 14.5. The SMILES string of the molecule is CCOC(=O)c1cc(-n2ncc(C(F)(F)F)c(C)c2=O)c(Cl)cc1Cl. The Kier molecular flexibility index (Phi) is 5.43. The lowest BCUT2D eigenvalue weighted by Crippen LogP contribution is -2.27. The summed E-state index contributed by atoms with van der Waals surface area (Å²) in [7, 11) is 0. The van der Waals surface area contributed by atoms with Gasteiger partial charge in [0.15, 0.2) is 0 Å². The van der Waals surface area contributed by atoms with E-state index in [4.69, 9.17) is 27.9 Å². The molecule has 2 aromatic rings. The average molecular weight is 395 g/mol. The van der Waals surface area contributed by atoms with Crippen molar-refractivity contribution in [2.75, 3.05) is 6.61 Å². The van der Waals surface area contributed by atoms with E-state index in [1.165, 1.54) is 6.07 Å². The van der Waals surface area contributed by atoms with Gasteiger partial charge in [-0.05, 0) is 26.0 Å². The van der Waals surface area contributed by atoms with Gasteiger partial charge in [0.05, 0.1) is 39.7 Å². The minimum absolute atomic E-state index is 0.0242. The van der Waals surface area contributed by atoms with Crippen LogP contribution in [0.5, 0.6) is 0 Å². The topological polar surface area (TPSA) is 61.2 Å². The number of nitrogens with zero attached hydrogens (tertiary/aromatic N) is 2. The van der Waals surface area contributed by atoms with E-state index in [1.54, 1.807) is 6.92 Å². The Labute approximate surface area is 149 Å². The lowest BCUT2D eigenvalue weighted by molar-refractivity contribution is -0.138. The zero-order chi connectivity index (χ0) is 18.9. The zero-order valence-electron chi connectivity index (χ0n) is 12.9. The molecule has 0 radical (unpaired) electrons. The second kappa shape index (κ2) is 7.05. The van der Waals surface area contributed by atoms with Crippen molar-refractivity contribution in [3.8, 4) is 5.69 Å². The molecule has 0 aliphatic carbocycles. The van der Waals surface area contributed by atoms with E-state index in [9.17, 15) is 22.8 Å². The van der Waals surface area contributed by atoms with Gasteiger partial charge in [-0.3, -0.25) is 4.79 Å². The van der Waals surface area contributed by atoms with Gasteiger partial charge in [-0.1, -0.05) is 23.2 Å². The quantitative estimate of drug-likeness (QED) is 0.736. The van der Waals surface area contributed by atoms with Gasteiger partial charge in [-0.25, -0.2) is 4.79 Å². The van der Waals surface area contributed by atoms with Crippen molar-refractivity contribution in [2.45, 2.75) is 20.0 Å². The Morgan fingerprint density at radius 2 is 1.92 bits per heavy atom. The first-order chi connectivity index (χ1) is 11.6. The summed E-state index contributed by atoms with van der Waals surface area (Å²) in [5.74, 6) is -0.762. The highest BCUT2D eigenvalue weighted by atomic mass is 35.5. The van der Waals surface area contributed by atoms with Gasteiger partial charge in [0.25, 0.3) is 5.56 Å². The van der Waals surface area contributed by atoms with Crippen LogP contribution in [0.4, 0.5) is 13.2 Å². The van der Waals surface area contributed by atoms with Gasteiger partial charge in [-0.2, -0.15) is 23.0 Å². The van der Waals surface area contributed by atoms with Crippen LogP contribution in [-0.2, 0) is 10.9 Å². The second-order valence-electron chi connectivity index (χ2n) is 4.90. The molecular formula is C15H11Cl2F3N2O3. The van der Waals surface area contributed by atoms with Gasteiger partial charge in [0, 0.05) is 5.56 Å². The number of rotatable bonds is 3. The molecular weight excluding hydrogens is 384 g/mol. The summed E-state index contributed by atoms with van der Waals surface area (Å²) in [6.45, 7) is 2.71. The molecule has 2 rings (SSSR count). The van der Waals surface area contributed by atoms with Gasteiger partial charge in [-0.15, -0.1) is 0 Å². The number of aromatic nitrogens is 2. The number of carbonyl (C=O) groups is 1. The fourth-order valence-corrected chi connectivity index (χ4v) is 2.60. The minimum atomic E-state index is -4.71. The Morgan fingerprint density at radius 1 is 1.28 bits per heavy atom. The maximum Gasteiger partial charge on any atom is 0.418 e. The van der Waals surface area contributed by atoms with Crippen LogP contribution in [0.3, 0.4) is 0 Å². The Hall–Kier alpha value is -2.06. The molecule has 134 valence electrons. The lowest BCUT2D eigenvalue weighted by Gasteiger charge is -2.14. The highest BCUT2D eigenvalue weighted by Gasteiger charge is 2.34. The smallest absolute Gasteiger partial charge is 0.418 e. The first kappa shape index (κ1) is 19.3. The van der Waals surface area contributed by atoms with Crippen molar-refractivity contribution in [1.82, 2.24) is 9.78 Å². The maximum absolute atomic E-state index is 12.9. The number of ether oxygens (including phenoxy) is 1. The number of carbonyl (C=O) groups excluding carboxylic acids is 1. The number of benzene rings is 1. The molecule has 0 fully saturated rings. The molecule has 0 N–H and O–H groups in total. The van der Waals surface area contributed by atoms with Crippen LogP contribution in [0.15, 0.2) is 23.1 Å². The summed E-state index contributed by atoms with van der Waals surface area (Å²) >= 11 is 11.9. The molecule has 0 bridgehead atoms. The number of halogens is 5. The van der Waals surface area contributed by atoms with Crippen molar-refractivity contribution in [1.29, 1.82) is 0 Å². The molecule has 0 saturated carbocycles. The number of hydrogen-bond acceptors (Lipinski definition) is 4. The maximum atomic E-state index is 12.9. The van der Waals surface area contributed by atoms with E-state index >= 15 is 0 Å². The van der Waals surface area contributed by atoms with Gasteiger partial charge in [0.2, 0.25) is 0 Å². The molecule has 0 unspecified atom stereocenters. The second-order valence-corrected chi connectivity index (χ2v) is 5.72. The van der Waals surface area contributed by atoms with E-state index in [1.807, 2.05) is 0 Å². The lowest BCUT2D eigenvalue weighted by atomic mass is 10.1. The summed E-state index contributed by atoms with van der Waals surface area (Å²) in [6.07, 6.45) is -4.19. The number of alkyl halides is 3. The average Bonchev–Trinajstić information content (AvgIpc) is 2.49. The van der Waals surface area contributed by atoms with Gasteiger partial charge >= 0.3 is 12.1 Å². The largest absolute Gasteiger partial charge is 0.462 e. The highest BCUT2D eigenvalue weighted by molar-refractivity contribution is 6.37. The minimum Gasteiger partial charge on any atom is -0.462 e. The third kappa shape index (κ3) is 3.80. The predicted octanol–water partition coefficient (Wildman–Crippen LogP) is 4.04. The first-order valence-corrected chi connectivity index (χ1v) is 7.66. The van der Waals surface area contributed by atoms with E-state index in [0.29, 0.717) is 10.9 Å². The van der Waals surface area contributed by atoms with E-state index in [0.717, 1.165) is 13.0 Å². The molecule has 1 aromatic heterocycles. The van der Waals surface area contributed by atoms with Crippen LogP contribution >= 0.6 is 23.2 Å². The normalized spacial score (nSPS) is 11.5. The molecule has 25 heavy (non-hydrogen) atoms. The summed E-state index contributed by atoms with van der Waals surface area (Å²) in [5, 5.41) is 3.43. The Balaban J connectivity index is 2.67. The standard InChI is InChI=1S/C15H11Cl2F3N2O3/c1-3-25-14(24)8-4-12(11(17)5-10(8)16)22-13(23)7(2)9(6-21-22)15(18,19)20/h4-6H,3H2,1-2H3. The van der Waals surface area contributed by atoms with Crippen LogP contribution in [0.2, 0.25) is 10.0 Å². The van der Waals surface area contributed by atoms with Crippen molar-refractivity contribution in [3.05, 3.63) is 55.4 Å². The molecule has 10 heteroatoms. The molecule has 1 heterocycles. The van der Waals surface area contributed by atoms with Crippen molar-refractivity contribution < 1.29 is 22.7 Å². The van der Waals surface area contributed by atoms with Crippen LogP contribution in [-0.4, -0.2) is 22.4 Å².